The Balaban J connectivity index is 0.00000763. The second kappa shape index (κ2) is 26.9. The Hall–Kier alpha value is -11.3. The number of benzene rings is 12. The fourth-order valence-electron chi connectivity index (χ4n) is 12.9. The summed E-state index contributed by atoms with van der Waals surface area (Å²) in [6.07, 6.45) is 6.13. The smallest absolute Gasteiger partial charge is 0.294 e. The van der Waals surface area contributed by atoms with E-state index in [2.05, 4.69) is 336 Å². The van der Waals surface area contributed by atoms with E-state index in [1.807, 2.05) is 24.5 Å². The molecule has 0 unspecified atom stereocenters. The van der Waals surface area contributed by atoms with Gasteiger partial charge in [-0.05, 0) is 122 Å². The van der Waals surface area contributed by atoms with E-state index in [4.69, 9.17) is 15.0 Å². The molecule has 3 nitrogen and oxygen atoms in total. The molecule has 0 N–H and O–H groups in total. The summed E-state index contributed by atoms with van der Waals surface area (Å²) in [6, 6.07) is 119. The van der Waals surface area contributed by atoms with Crippen molar-refractivity contribution in [2.45, 2.75) is 20.8 Å². The number of hydrogen-bond donors (Lipinski definition) is 0. The second-order valence-corrected chi connectivity index (χ2v) is 23.8. The molecule has 0 saturated carbocycles. The summed E-state index contributed by atoms with van der Waals surface area (Å²) in [7, 11) is 0. The number of nitrogens with zero attached hydrogens (tertiary/aromatic N) is 3. The van der Waals surface area contributed by atoms with Crippen LogP contribution >= 0.6 is 0 Å². The van der Waals surface area contributed by atoms with Gasteiger partial charge in [-0.2, -0.15) is 0 Å². The largest absolute Gasteiger partial charge is 3.00 e. The summed E-state index contributed by atoms with van der Waals surface area (Å²) in [4.78, 5) is 15.6. The first-order valence-corrected chi connectivity index (χ1v) is 31.6. The van der Waals surface area contributed by atoms with E-state index in [0.29, 0.717) is 0 Å². The van der Waals surface area contributed by atoms with Crippen LogP contribution in [-0.2, 0) is 20.1 Å². The van der Waals surface area contributed by atoms with Crippen molar-refractivity contribution in [3.8, 4) is 156 Å². The molecule has 0 radical (unpaired) electrons. The molecule has 0 aliphatic carbocycles. The van der Waals surface area contributed by atoms with Crippen molar-refractivity contribution in [1.29, 1.82) is 0 Å². The fraction of sp³-hybridized carbons (Fsp3) is 0.0333. The molecule has 0 fully saturated rings. The van der Waals surface area contributed by atoms with Gasteiger partial charge in [0.25, 0.3) is 0 Å². The fourth-order valence-corrected chi connectivity index (χ4v) is 12.9. The van der Waals surface area contributed by atoms with Crippen molar-refractivity contribution >= 4 is 0 Å². The minimum absolute atomic E-state index is 0. The Labute approximate surface area is 564 Å². The molecule has 0 bridgehead atoms. The summed E-state index contributed by atoms with van der Waals surface area (Å²) in [6.45, 7) is 6.58. The van der Waals surface area contributed by atoms with Gasteiger partial charge in [-0.15, -0.1) is 83.4 Å². The Bertz CT molecular complexity index is 5020. The molecule has 0 aliphatic heterocycles. The average molecular weight is 1380 g/mol. The van der Waals surface area contributed by atoms with Gasteiger partial charge in [0.1, 0.15) is 0 Å². The number of pyridine rings is 3. The normalized spacial score (nSPS) is 11.1. The molecular weight excluding hydrogens is 1320 g/mol. The van der Waals surface area contributed by atoms with Crippen molar-refractivity contribution in [2.24, 2.45) is 0 Å². The molecule has 15 rings (SSSR count). The minimum atomic E-state index is 0. The third kappa shape index (κ3) is 12.5. The summed E-state index contributed by atoms with van der Waals surface area (Å²) in [5, 5.41) is 0. The number of aryl methyl sites for hydroxylation is 3. The molecule has 0 saturated heterocycles. The molecule has 0 aliphatic rings. The maximum absolute atomic E-state index is 5.32. The second-order valence-electron chi connectivity index (χ2n) is 23.8. The Morgan fingerprint density at radius 1 is 0.191 bits per heavy atom. The Kier molecular flexibility index (Phi) is 17.3. The van der Waals surface area contributed by atoms with E-state index in [-0.39, 0.29) is 20.1 Å². The predicted octanol–water partition coefficient (Wildman–Crippen LogP) is 23.5. The third-order valence-corrected chi connectivity index (χ3v) is 17.7. The van der Waals surface area contributed by atoms with Gasteiger partial charge in [-0.3, -0.25) is 15.0 Å². The quantitative estimate of drug-likeness (QED) is 0.102. The molecule has 3 aromatic heterocycles. The van der Waals surface area contributed by atoms with Crippen molar-refractivity contribution in [1.82, 2.24) is 15.0 Å². The van der Waals surface area contributed by atoms with Crippen molar-refractivity contribution in [3.63, 3.8) is 0 Å². The van der Waals surface area contributed by atoms with Gasteiger partial charge < -0.3 is 0 Å². The summed E-state index contributed by atoms with van der Waals surface area (Å²) in [5.41, 5.74) is 32.9. The first-order valence-electron chi connectivity index (χ1n) is 31.6. The molecule has 0 spiro atoms. The first kappa shape index (κ1) is 60.3. The van der Waals surface area contributed by atoms with Crippen molar-refractivity contribution in [2.75, 3.05) is 0 Å². The van der Waals surface area contributed by atoms with Gasteiger partial charge >= 0.3 is 20.1 Å². The molecule has 0 amide bonds. The monoisotopic (exact) mass is 1380 g/mol. The molecule has 4 heteroatoms. The molecule has 446 valence electrons. The van der Waals surface area contributed by atoms with E-state index in [1.54, 1.807) is 0 Å². The van der Waals surface area contributed by atoms with Crippen LogP contribution in [0.3, 0.4) is 0 Å². The van der Waals surface area contributed by atoms with Crippen molar-refractivity contribution in [3.05, 3.63) is 357 Å². The van der Waals surface area contributed by atoms with Crippen LogP contribution in [0.5, 0.6) is 0 Å². The SMILES string of the molecule is Cc1cc(-c2[c-]c(-c3ccccc3)ccc2)ncc1-c1ccccc1-c1cc(-c2ccccc2-c2cnc(-c3[c-]c(-c4ccccc4)ccc3)cc2C)cc(-c2ccccc2-c2cnc(-c3[c-]c(-c4ccccc4)cc(-c4ccc(-c5ccccc5)cc4)c3)cc2C)c1.[Ir+3]. The maximum Gasteiger partial charge on any atom is 3.00 e. The van der Waals surface area contributed by atoms with Crippen LogP contribution in [0.1, 0.15) is 16.7 Å². The average Bonchev–Trinajstić information content (AvgIpc) is 0.793. The van der Waals surface area contributed by atoms with Gasteiger partial charge in [0.05, 0.1) is 0 Å². The number of hydrogen-bond acceptors (Lipinski definition) is 3. The van der Waals surface area contributed by atoms with Gasteiger partial charge in [0, 0.05) is 52.4 Å². The van der Waals surface area contributed by atoms with E-state index >= 15 is 0 Å². The van der Waals surface area contributed by atoms with Gasteiger partial charge in [0.2, 0.25) is 0 Å². The van der Waals surface area contributed by atoms with Crippen LogP contribution in [0.15, 0.2) is 322 Å². The van der Waals surface area contributed by atoms with Crippen LogP contribution in [0.25, 0.3) is 156 Å². The zero-order valence-corrected chi connectivity index (χ0v) is 54.7. The zero-order valence-electron chi connectivity index (χ0n) is 52.3. The van der Waals surface area contributed by atoms with Crippen LogP contribution in [-0.4, -0.2) is 15.0 Å². The van der Waals surface area contributed by atoms with Gasteiger partial charge in [-0.25, -0.2) is 0 Å². The molecule has 12 aromatic carbocycles. The minimum Gasteiger partial charge on any atom is -0.294 e. The Morgan fingerprint density at radius 3 is 0.840 bits per heavy atom. The molecule has 94 heavy (non-hydrogen) atoms. The zero-order chi connectivity index (χ0) is 62.6. The molecule has 3 heterocycles. The summed E-state index contributed by atoms with van der Waals surface area (Å²) in [5.74, 6) is 0. The maximum atomic E-state index is 5.32. The first-order chi connectivity index (χ1) is 45.8. The third-order valence-electron chi connectivity index (χ3n) is 17.7. The van der Waals surface area contributed by atoms with E-state index in [9.17, 15) is 0 Å². The van der Waals surface area contributed by atoms with Gasteiger partial charge in [-0.1, -0.05) is 276 Å². The summed E-state index contributed by atoms with van der Waals surface area (Å²) >= 11 is 0. The topological polar surface area (TPSA) is 38.7 Å². The Morgan fingerprint density at radius 2 is 0.468 bits per heavy atom. The predicted molar refractivity (Wildman–Crippen MR) is 387 cm³/mol. The van der Waals surface area contributed by atoms with Crippen LogP contribution in [0, 0.1) is 39.0 Å². The van der Waals surface area contributed by atoms with E-state index < -0.39 is 0 Å². The standard InChI is InChI=1S/C90H62N3.Ir/c1-60-46-88(71-34-22-32-69(49-71)64-26-10-5-11-27-64)91-57-85(60)82-39-19-16-36-79(82)75-54-76(80-37-17-20-40-83(80)86-58-92-89(47-61(86)2)72-35-23-33-70(50-72)65-28-12-6-13-29-65)56-77(55-75)81-38-18-21-41-84(81)87-59-93-90(48-62(87)3)78-52-73(66-30-14-7-15-31-66)51-74(53-78)68-44-42-67(43-45-68)63-24-8-4-9-25-63;/h4-48,51,53-59H,1-3H3;/q-3;+3. The summed E-state index contributed by atoms with van der Waals surface area (Å²) < 4.78 is 0. The van der Waals surface area contributed by atoms with Crippen LogP contribution < -0.4 is 0 Å². The number of aromatic nitrogens is 3. The van der Waals surface area contributed by atoms with Gasteiger partial charge in [0.15, 0.2) is 0 Å². The van der Waals surface area contributed by atoms with Crippen molar-refractivity contribution < 1.29 is 20.1 Å². The number of rotatable bonds is 14. The molecule has 0 atom stereocenters. The van der Waals surface area contributed by atoms with E-state index in [0.717, 1.165) is 162 Å². The molecule has 15 aromatic rings. The van der Waals surface area contributed by atoms with Crippen LogP contribution in [0.4, 0.5) is 0 Å². The molecular formula is C90H62IrN3. The van der Waals surface area contributed by atoms with Crippen LogP contribution in [0.2, 0.25) is 0 Å². The van der Waals surface area contributed by atoms with E-state index in [1.165, 1.54) is 11.1 Å².